The van der Waals surface area contributed by atoms with Gasteiger partial charge in [0.25, 0.3) is 11.5 Å². The number of para-hydroxylation sites is 1. The molecule has 1 atom stereocenters. The lowest BCUT2D eigenvalue weighted by Crippen LogP contribution is -2.30. The van der Waals surface area contributed by atoms with Gasteiger partial charge in [-0.05, 0) is 43.2 Å². The molecule has 1 aliphatic rings. The summed E-state index contributed by atoms with van der Waals surface area (Å²) >= 11 is 11.9. The third-order valence-corrected chi connectivity index (χ3v) is 5.20. The van der Waals surface area contributed by atoms with Crippen LogP contribution in [0, 0.1) is 0 Å². The van der Waals surface area contributed by atoms with E-state index in [2.05, 4.69) is 5.32 Å². The van der Waals surface area contributed by atoms with E-state index in [1.54, 1.807) is 16.7 Å². The predicted molar refractivity (Wildman–Crippen MR) is 103 cm³/mol. The fourth-order valence-corrected chi connectivity index (χ4v) is 3.96. The standard InChI is InChI=1S/C19H14Cl2N2O3/c1-9-7-10-3-2-4-12-16(10)23(9)19(26)15(17(12)24)18(25)22-14-6-5-11(20)8-13(14)21/h2-6,8-9,24H,7H2,1H3,(H,22,25)/t9-/m1/s1. The molecule has 5 nitrogen and oxygen atoms in total. The number of rotatable bonds is 2. The minimum atomic E-state index is -0.716. The van der Waals surface area contributed by atoms with Gasteiger partial charge in [-0.2, -0.15) is 0 Å². The van der Waals surface area contributed by atoms with Crippen molar-refractivity contribution in [2.75, 3.05) is 5.32 Å². The number of aromatic hydroxyl groups is 1. The van der Waals surface area contributed by atoms with Gasteiger partial charge in [-0.15, -0.1) is 0 Å². The monoisotopic (exact) mass is 388 g/mol. The highest BCUT2D eigenvalue weighted by atomic mass is 35.5. The van der Waals surface area contributed by atoms with Crippen molar-refractivity contribution in [1.82, 2.24) is 4.57 Å². The maximum Gasteiger partial charge on any atom is 0.268 e. The van der Waals surface area contributed by atoms with Gasteiger partial charge in [0.05, 0.1) is 16.2 Å². The Morgan fingerprint density at radius 2 is 2.04 bits per heavy atom. The van der Waals surface area contributed by atoms with E-state index in [0.717, 1.165) is 5.56 Å². The highest BCUT2D eigenvalue weighted by Gasteiger charge is 2.29. The Labute approximate surface area is 158 Å². The van der Waals surface area contributed by atoms with Crippen LogP contribution in [0.15, 0.2) is 41.2 Å². The lowest BCUT2D eigenvalue weighted by molar-refractivity contribution is 0.102. The Kier molecular flexibility index (Phi) is 3.93. The van der Waals surface area contributed by atoms with E-state index >= 15 is 0 Å². The zero-order valence-electron chi connectivity index (χ0n) is 13.7. The quantitative estimate of drug-likeness (QED) is 0.683. The molecule has 132 valence electrons. The molecule has 0 aliphatic carbocycles. The summed E-state index contributed by atoms with van der Waals surface area (Å²) in [5.41, 5.74) is 1.16. The minimum absolute atomic E-state index is 0.0892. The molecule has 1 amide bonds. The first-order valence-electron chi connectivity index (χ1n) is 8.04. The first-order chi connectivity index (χ1) is 12.4. The maximum atomic E-state index is 12.9. The van der Waals surface area contributed by atoms with Gasteiger partial charge in [-0.1, -0.05) is 35.3 Å². The van der Waals surface area contributed by atoms with Crippen LogP contribution < -0.4 is 10.9 Å². The van der Waals surface area contributed by atoms with E-state index in [4.69, 9.17) is 23.2 Å². The van der Waals surface area contributed by atoms with Crippen LogP contribution in [-0.4, -0.2) is 15.6 Å². The lowest BCUT2D eigenvalue weighted by Gasteiger charge is -2.14. The Morgan fingerprint density at radius 3 is 2.77 bits per heavy atom. The summed E-state index contributed by atoms with van der Waals surface area (Å²) in [5.74, 6) is -1.04. The van der Waals surface area contributed by atoms with E-state index in [-0.39, 0.29) is 22.4 Å². The molecule has 1 aromatic heterocycles. The molecule has 3 aromatic rings. The fourth-order valence-electron chi connectivity index (χ4n) is 3.50. The summed E-state index contributed by atoms with van der Waals surface area (Å²) in [5, 5.41) is 14.4. The first-order valence-corrected chi connectivity index (χ1v) is 8.79. The molecule has 1 aliphatic heterocycles. The summed E-state index contributed by atoms with van der Waals surface area (Å²) in [6, 6.07) is 9.95. The summed E-state index contributed by atoms with van der Waals surface area (Å²) < 4.78 is 1.57. The number of amides is 1. The Bertz CT molecular complexity index is 1140. The molecule has 26 heavy (non-hydrogen) atoms. The van der Waals surface area contributed by atoms with Crippen molar-refractivity contribution in [3.05, 3.63) is 67.9 Å². The van der Waals surface area contributed by atoms with Crippen LogP contribution in [0.5, 0.6) is 5.75 Å². The van der Waals surface area contributed by atoms with Crippen LogP contribution in [0.3, 0.4) is 0 Å². The molecule has 0 spiro atoms. The molecule has 7 heteroatoms. The van der Waals surface area contributed by atoms with Gasteiger partial charge < -0.3 is 15.0 Å². The van der Waals surface area contributed by atoms with Gasteiger partial charge in [-0.25, -0.2) is 0 Å². The molecule has 2 aromatic carbocycles. The molecule has 2 heterocycles. The second-order valence-corrected chi connectivity index (χ2v) is 7.19. The third kappa shape index (κ3) is 2.47. The van der Waals surface area contributed by atoms with Crippen LogP contribution in [0.4, 0.5) is 5.69 Å². The van der Waals surface area contributed by atoms with E-state index in [0.29, 0.717) is 28.0 Å². The predicted octanol–water partition coefficient (Wildman–Crippen LogP) is 4.38. The van der Waals surface area contributed by atoms with E-state index in [1.807, 2.05) is 19.1 Å². The van der Waals surface area contributed by atoms with E-state index in [1.165, 1.54) is 12.1 Å². The maximum absolute atomic E-state index is 12.9. The number of nitrogens with one attached hydrogen (secondary N) is 1. The van der Waals surface area contributed by atoms with Crippen LogP contribution in [0.2, 0.25) is 10.0 Å². The highest BCUT2D eigenvalue weighted by molar-refractivity contribution is 6.36. The van der Waals surface area contributed by atoms with Crippen molar-refractivity contribution in [2.45, 2.75) is 19.4 Å². The Hall–Kier alpha value is -2.50. The molecule has 2 N–H and O–H groups in total. The van der Waals surface area contributed by atoms with Gasteiger partial charge in [0.1, 0.15) is 11.3 Å². The molecular formula is C19H14Cl2N2O3. The molecule has 0 saturated carbocycles. The topological polar surface area (TPSA) is 71.3 Å². The molecule has 0 radical (unpaired) electrons. The van der Waals surface area contributed by atoms with Crippen LogP contribution >= 0.6 is 23.2 Å². The summed E-state index contributed by atoms with van der Waals surface area (Å²) in [7, 11) is 0. The smallest absolute Gasteiger partial charge is 0.268 e. The second-order valence-electron chi connectivity index (χ2n) is 6.34. The highest BCUT2D eigenvalue weighted by Crippen LogP contribution is 2.36. The number of hydrogen-bond acceptors (Lipinski definition) is 3. The van der Waals surface area contributed by atoms with Gasteiger partial charge in [0.2, 0.25) is 0 Å². The number of aromatic nitrogens is 1. The second kappa shape index (κ2) is 6.04. The Balaban J connectivity index is 1.88. The number of anilines is 1. The first kappa shape index (κ1) is 16.9. The molecule has 0 unspecified atom stereocenters. The average Bonchev–Trinajstić information content (AvgIpc) is 2.92. The minimum Gasteiger partial charge on any atom is -0.506 e. The molecule has 0 fully saturated rings. The number of nitrogens with zero attached hydrogens (tertiary/aromatic N) is 1. The number of pyridine rings is 1. The number of benzene rings is 2. The van der Waals surface area contributed by atoms with Crippen LogP contribution in [0.1, 0.15) is 28.9 Å². The van der Waals surface area contributed by atoms with Gasteiger partial charge >= 0.3 is 0 Å². The Morgan fingerprint density at radius 1 is 1.27 bits per heavy atom. The van der Waals surface area contributed by atoms with Gasteiger partial charge in [0.15, 0.2) is 0 Å². The normalized spacial score (nSPS) is 15.4. The van der Waals surface area contributed by atoms with Crippen molar-refractivity contribution in [3.63, 3.8) is 0 Å². The molecule has 0 saturated heterocycles. The SMILES string of the molecule is C[C@@H]1Cc2cccc3c(O)c(C(=O)Nc4ccc(Cl)cc4Cl)c(=O)n1c23. The number of halogens is 2. The fraction of sp³-hybridized carbons (Fsp3) is 0.158. The van der Waals surface area contributed by atoms with Gasteiger partial charge in [-0.3, -0.25) is 9.59 Å². The zero-order chi connectivity index (χ0) is 18.6. The summed E-state index contributed by atoms with van der Waals surface area (Å²) in [6.07, 6.45) is 0.681. The number of carbonyl (C=O) groups excluding carboxylic acids is 1. The average molecular weight is 389 g/mol. The lowest BCUT2D eigenvalue weighted by atomic mass is 10.1. The van der Waals surface area contributed by atoms with Crippen molar-refractivity contribution in [2.24, 2.45) is 0 Å². The van der Waals surface area contributed by atoms with Crippen LogP contribution in [0.25, 0.3) is 10.9 Å². The molecule has 4 rings (SSSR count). The van der Waals surface area contributed by atoms with E-state index < -0.39 is 11.5 Å². The molecular weight excluding hydrogens is 375 g/mol. The summed E-state index contributed by atoms with van der Waals surface area (Å²) in [4.78, 5) is 25.7. The van der Waals surface area contributed by atoms with E-state index in [9.17, 15) is 14.7 Å². The van der Waals surface area contributed by atoms with Crippen molar-refractivity contribution in [1.29, 1.82) is 0 Å². The van der Waals surface area contributed by atoms with Crippen LogP contribution in [-0.2, 0) is 6.42 Å². The number of hydrogen-bond donors (Lipinski definition) is 2. The zero-order valence-corrected chi connectivity index (χ0v) is 15.2. The molecule has 0 bridgehead atoms. The number of carbonyl (C=O) groups is 1. The van der Waals surface area contributed by atoms with Crippen molar-refractivity contribution < 1.29 is 9.90 Å². The third-order valence-electron chi connectivity index (χ3n) is 4.65. The summed E-state index contributed by atoms with van der Waals surface area (Å²) in [6.45, 7) is 1.91. The van der Waals surface area contributed by atoms with Gasteiger partial charge in [0, 0.05) is 16.5 Å². The largest absolute Gasteiger partial charge is 0.506 e. The van der Waals surface area contributed by atoms with Crippen molar-refractivity contribution in [3.8, 4) is 5.75 Å². The van der Waals surface area contributed by atoms with Crippen molar-refractivity contribution >= 4 is 45.7 Å².